The number of nitrogens with zero attached hydrogens (tertiary/aromatic N) is 1. The van der Waals surface area contributed by atoms with Crippen molar-refractivity contribution in [3.63, 3.8) is 0 Å². The first-order valence-corrected chi connectivity index (χ1v) is 5.81. The van der Waals surface area contributed by atoms with Crippen LogP contribution in [0.25, 0.3) is 11.0 Å². The smallest absolute Gasteiger partial charge is 0.102 e. The first kappa shape index (κ1) is 10.6. The highest BCUT2D eigenvalue weighted by molar-refractivity contribution is 9.10. The lowest BCUT2D eigenvalue weighted by Crippen LogP contribution is -2.13. The summed E-state index contributed by atoms with van der Waals surface area (Å²) in [5.41, 5.74) is 8.97. The van der Waals surface area contributed by atoms with E-state index in [1.165, 1.54) is 5.56 Å². The summed E-state index contributed by atoms with van der Waals surface area (Å²) in [6.07, 6.45) is 2.72. The van der Waals surface area contributed by atoms with Crippen LogP contribution in [0.5, 0.6) is 0 Å². The molecule has 2 rings (SSSR count). The average Bonchev–Trinajstić information content (AvgIpc) is 2.66. The maximum absolute atomic E-state index is 5.62. The second-order valence-corrected chi connectivity index (χ2v) is 4.78. The summed E-state index contributed by atoms with van der Waals surface area (Å²) in [5.74, 6) is 0.511. The molecule has 0 amide bonds. The second kappa shape index (κ2) is 4.33. The van der Waals surface area contributed by atoms with Crippen molar-refractivity contribution in [2.24, 2.45) is 11.7 Å². The number of aromatic amines is 1. The zero-order valence-corrected chi connectivity index (χ0v) is 10.2. The maximum atomic E-state index is 5.62. The Hall–Kier alpha value is -0.870. The molecule has 2 aromatic rings. The summed E-state index contributed by atoms with van der Waals surface area (Å²) in [5, 5.41) is 0. The number of nitrogens with one attached hydrogen (secondary N) is 1. The van der Waals surface area contributed by atoms with E-state index in [4.69, 9.17) is 5.73 Å². The van der Waals surface area contributed by atoms with E-state index < -0.39 is 0 Å². The summed E-state index contributed by atoms with van der Waals surface area (Å²) in [7, 11) is 0. The molecular formula is C11H14BrN3. The molecule has 1 unspecified atom stereocenters. The van der Waals surface area contributed by atoms with Crippen LogP contribution in [0.1, 0.15) is 12.5 Å². The van der Waals surface area contributed by atoms with Crippen molar-refractivity contribution in [2.45, 2.75) is 13.3 Å². The minimum absolute atomic E-state index is 0.511. The number of rotatable bonds is 3. The lowest BCUT2D eigenvalue weighted by atomic mass is 10.0. The van der Waals surface area contributed by atoms with Gasteiger partial charge in [0.2, 0.25) is 0 Å². The second-order valence-electron chi connectivity index (χ2n) is 3.92. The summed E-state index contributed by atoms with van der Waals surface area (Å²) in [6.45, 7) is 2.88. The number of fused-ring (bicyclic) bond motifs is 1. The number of halogens is 1. The molecule has 0 fully saturated rings. The van der Waals surface area contributed by atoms with Gasteiger partial charge in [-0.2, -0.15) is 0 Å². The number of hydrogen-bond donors (Lipinski definition) is 2. The number of hydrogen-bond acceptors (Lipinski definition) is 2. The van der Waals surface area contributed by atoms with Crippen LogP contribution in [0.2, 0.25) is 0 Å². The lowest BCUT2D eigenvalue weighted by molar-refractivity contribution is 0.593. The third-order valence-corrected chi connectivity index (χ3v) is 3.13. The van der Waals surface area contributed by atoms with E-state index in [1.54, 1.807) is 6.33 Å². The highest BCUT2D eigenvalue weighted by Crippen LogP contribution is 2.24. The molecule has 0 bridgehead atoms. The molecule has 0 aliphatic heterocycles. The van der Waals surface area contributed by atoms with Crippen LogP contribution >= 0.6 is 15.9 Å². The van der Waals surface area contributed by atoms with E-state index in [2.05, 4.69) is 45.0 Å². The third kappa shape index (κ3) is 2.21. The maximum Gasteiger partial charge on any atom is 0.102 e. The Labute approximate surface area is 97.2 Å². The van der Waals surface area contributed by atoms with E-state index in [0.717, 1.165) is 28.5 Å². The predicted molar refractivity (Wildman–Crippen MR) is 65.7 cm³/mol. The third-order valence-electron chi connectivity index (χ3n) is 2.52. The van der Waals surface area contributed by atoms with Crippen LogP contribution in [0.15, 0.2) is 22.9 Å². The Kier molecular flexibility index (Phi) is 3.07. The molecule has 0 saturated carbocycles. The fourth-order valence-corrected chi connectivity index (χ4v) is 2.28. The van der Waals surface area contributed by atoms with E-state index in [9.17, 15) is 0 Å². The largest absolute Gasteiger partial charge is 0.345 e. The summed E-state index contributed by atoms with van der Waals surface area (Å²) in [6, 6.07) is 4.26. The summed E-state index contributed by atoms with van der Waals surface area (Å²) >= 11 is 3.52. The molecule has 1 heterocycles. The van der Waals surface area contributed by atoms with Crippen molar-refractivity contribution in [3.8, 4) is 0 Å². The average molecular weight is 268 g/mol. The highest BCUT2D eigenvalue weighted by atomic mass is 79.9. The van der Waals surface area contributed by atoms with E-state index in [-0.39, 0.29) is 0 Å². The Morgan fingerprint density at radius 2 is 2.33 bits per heavy atom. The van der Waals surface area contributed by atoms with Crippen molar-refractivity contribution >= 4 is 27.0 Å². The Morgan fingerprint density at radius 1 is 1.53 bits per heavy atom. The molecule has 0 spiro atoms. The number of benzene rings is 1. The molecule has 0 aliphatic carbocycles. The molecule has 0 aliphatic rings. The number of aromatic nitrogens is 2. The van der Waals surface area contributed by atoms with Crippen molar-refractivity contribution in [2.75, 3.05) is 6.54 Å². The predicted octanol–water partition coefficient (Wildman–Crippen LogP) is 2.46. The normalized spacial score (nSPS) is 13.3. The molecule has 0 radical (unpaired) electrons. The summed E-state index contributed by atoms with van der Waals surface area (Å²) in [4.78, 5) is 7.35. The van der Waals surface area contributed by atoms with Gasteiger partial charge in [0.05, 0.1) is 11.8 Å². The molecule has 3 N–H and O–H groups in total. The fraction of sp³-hybridized carbons (Fsp3) is 0.364. The van der Waals surface area contributed by atoms with Crippen molar-refractivity contribution < 1.29 is 0 Å². The van der Waals surface area contributed by atoms with Gasteiger partial charge in [0.25, 0.3) is 0 Å². The van der Waals surface area contributed by atoms with Gasteiger partial charge < -0.3 is 10.7 Å². The molecule has 15 heavy (non-hydrogen) atoms. The van der Waals surface area contributed by atoms with Crippen molar-refractivity contribution in [1.82, 2.24) is 9.97 Å². The molecule has 1 atom stereocenters. The van der Waals surface area contributed by atoms with Gasteiger partial charge in [-0.3, -0.25) is 0 Å². The minimum atomic E-state index is 0.511. The van der Waals surface area contributed by atoms with Crippen LogP contribution < -0.4 is 5.73 Å². The van der Waals surface area contributed by atoms with Gasteiger partial charge in [-0.05, 0) is 52.5 Å². The van der Waals surface area contributed by atoms with E-state index in [0.29, 0.717) is 5.92 Å². The van der Waals surface area contributed by atoms with Crippen LogP contribution in [0, 0.1) is 5.92 Å². The van der Waals surface area contributed by atoms with Crippen molar-refractivity contribution in [3.05, 3.63) is 28.5 Å². The van der Waals surface area contributed by atoms with Crippen LogP contribution in [0.4, 0.5) is 0 Å². The van der Waals surface area contributed by atoms with Gasteiger partial charge in [0, 0.05) is 4.47 Å². The van der Waals surface area contributed by atoms with Gasteiger partial charge in [-0.15, -0.1) is 0 Å². The zero-order chi connectivity index (χ0) is 10.8. The molecule has 0 saturated heterocycles. The number of H-pyrrole nitrogens is 1. The first-order chi connectivity index (χ1) is 7.20. The number of imidazole rings is 1. The fourth-order valence-electron chi connectivity index (χ4n) is 1.67. The van der Waals surface area contributed by atoms with Crippen LogP contribution in [0.3, 0.4) is 0 Å². The number of nitrogens with two attached hydrogens (primary N) is 1. The monoisotopic (exact) mass is 267 g/mol. The van der Waals surface area contributed by atoms with Crippen molar-refractivity contribution in [1.29, 1.82) is 0 Å². The lowest BCUT2D eigenvalue weighted by Gasteiger charge is -2.08. The van der Waals surface area contributed by atoms with Crippen LogP contribution in [-0.4, -0.2) is 16.5 Å². The Balaban J connectivity index is 2.36. The van der Waals surface area contributed by atoms with E-state index in [1.807, 2.05) is 0 Å². The van der Waals surface area contributed by atoms with Crippen LogP contribution in [-0.2, 0) is 6.42 Å². The molecule has 80 valence electrons. The molecule has 1 aromatic carbocycles. The highest BCUT2D eigenvalue weighted by Gasteiger charge is 2.06. The van der Waals surface area contributed by atoms with E-state index >= 15 is 0 Å². The van der Waals surface area contributed by atoms with Gasteiger partial charge in [-0.25, -0.2) is 4.98 Å². The zero-order valence-electron chi connectivity index (χ0n) is 8.63. The SMILES string of the molecule is CC(CN)Cc1cc(Br)c2nc[nH]c2c1. The van der Waals surface area contributed by atoms with Gasteiger partial charge in [0.1, 0.15) is 5.52 Å². The topological polar surface area (TPSA) is 54.7 Å². The Morgan fingerprint density at radius 3 is 3.07 bits per heavy atom. The molecular weight excluding hydrogens is 254 g/mol. The van der Waals surface area contributed by atoms with Gasteiger partial charge >= 0.3 is 0 Å². The van der Waals surface area contributed by atoms with Gasteiger partial charge in [-0.1, -0.05) is 6.92 Å². The molecule has 3 nitrogen and oxygen atoms in total. The molecule has 4 heteroatoms. The molecule has 1 aromatic heterocycles. The van der Waals surface area contributed by atoms with Gasteiger partial charge in [0.15, 0.2) is 0 Å². The standard InChI is InChI=1S/C11H14BrN3/c1-7(5-13)2-8-3-9(12)11-10(4-8)14-6-15-11/h3-4,6-7H,2,5,13H2,1H3,(H,14,15). The minimum Gasteiger partial charge on any atom is -0.345 e. The summed E-state index contributed by atoms with van der Waals surface area (Å²) < 4.78 is 1.04. The first-order valence-electron chi connectivity index (χ1n) is 5.02. The quantitative estimate of drug-likeness (QED) is 0.898. The Bertz CT molecular complexity index is 464.